The Morgan fingerprint density at radius 1 is 1.23 bits per heavy atom. The lowest BCUT2D eigenvalue weighted by Gasteiger charge is -2.28. The van der Waals surface area contributed by atoms with E-state index in [1.807, 2.05) is 19.9 Å². The highest BCUT2D eigenvalue weighted by atomic mass is 79.9. The predicted molar refractivity (Wildman–Crippen MR) is 100 cm³/mol. The maximum absolute atomic E-state index is 13.5. The van der Waals surface area contributed by atoms with E-state index in [1.165, 1.54) is 12.1 Å². The Labute approximate surface area is 159 Å². The first-order valence-corrected chi connectivity index (χ1v) is 9.07. The van der Waals surface area contributed by atoms with Gasteiger partial charge in [-0.25, -0.2) is 4.39 Å². The van der Waals surface area contributed by atoms with Crippen molar-refractivity contribution in [1.29, 1.82) is 0 Å². The number of halogens is 2. The van der Waals surface area contributed by atoms with Crippen molar-refractivity contribution in [3.8, 4) is 0 Å². The van der Waals surface area contributed by atoms with Crippen LogP contribution in [0.4, 0.5) is 10.1 Å². The summed E-state index contributed by atoms with van der Waals surface area (Å²) in [6.45, 7) is 5.77. The molecular formula is C18H21BrFN3O3. The zero-order valence-corrected chi connectivity index (χ0v) is 16.2. The fourth-order valence-electron chi connectivity index (χ4n) is 2.59. The summed E-state index contributed by atoms with van der Waals surface area (Å²) in [6.07, 6.45) is 1.57. The molecule has 0 saturated heterocycles. The molecule has 2 N–H and O–H groups in total. The SMILES string of the molecule is CCN(CC)C(CNC(=O)C(=O)Nc1ccc(Br)c(F)c1)c1ccco1. The summed E-state index contributed by atoms with van der Waals surface area (Å²) in [6, 6.07) is 7.52. The number of nitrogens with zero attached hydrogens (tertiary/aromatic N) is 1. The molecule has 0 aliphatic rings. The fraction of sp³-hybridized carbons (Fsp3) is 0.333. The van der Waals surface area contributed by atoms with Gasteiger partial charge in [0, 0.05) is 12.2 Å². The van der Waals surface area contributed by atoms with Gasteiger partial charge in [-0.2, -0.15) is 0 Å². The van der Waals surface area contributed by atoms with Crippen molar-refractivity contribution in [1.82, 2.24) is 10.2 Å². The Kier molecular flexibility index (Phi) is 7.35. The first-order valence-electron chi connectivity index (χ1n) is 8.27. The smallest absolute Gasteiger partial charge is 0.313 e. The molecule has 2 aromatic rings. The third-order valence-electron chi connectivity index (χ3n) is 3.96. The molecule has 0 radical (unpaired) electrons. The Balaban J connectivity index is 1.98. The van der Waals surface area contributed by atoms with E-state index in [-0.39, 0.29) is 22.7 Å². The highest BCUT2D eigenvalue weighted by Gasteiger charge is 2.23. The van der Waals surface area contributed by atoms with Crippen LogP contribution in [0.5, 0.6) is 0 Å². The van der Waals surface area contributed by atoms with E-state index in [0.717, 1.165) is 19.2 Å². The normalized spacial score (nSPS) is 12.0. The summed E-state index contributed by atoms with van der Waals surface area (Å²) in [5, 5.41) is 4.99. The largest absolute Gasteiger partial charge is 0.468 e. The number of anilines is 1. The second-order valence-electron chi connectivity index (χ2n) is 5.55. The average molecular weight is 426 g/mol. The number of furan rings is 1. The van der Waals surface area contributed by atoms with Crippen LogP contribution >= 0.6 is 15.9 Å². The monoisotopic (exact) mass is 425 g/mol. The Hall–Kier alpha value is -2.19. The van der Waals surface area contributed by atoms with E-state index in [1.54, 1.807) is 12.3 Å². The molecule has 2 rings (SSSR count). The number of benzene rings is 1. The Morgan fingerprint density at radius 3 is 2.54 bits per heavy atom. The van der Waals surface area contributed by atoms with Gasteiger partial charge >= 0.3 is 11.8 Å². The number of hydrogen-bond donors (Lipinski definition) is 2. The Bertz CT molecular complexity index is 748. The average Bonchev–Trinajstić information content (AvgIpc) is 3.15. The van der Waals surface area contributed by atoms with E-state index >= 15 is 0 Å². The van der Waals surface area contributed by atoms with Crippen LogP contribution in [-0.2, 0) is 9.59 Å². The van der Waals surface area contributed by atoms with Gasteiger partial charge in [0.1, 0.15) is 11.6 Å². The van der Waals surface area contributed by atoms with E-state index in [4.69, 9.17) is 4.42 Å². The summed E-state index contributed by atoms with van der Waals surface area (Å²) in [5.74, 6) is -1.46. The summed E-state index contributed by atoms with van der Waals surface area (Å²) in [7, 11) is 0. The lowest BCUT2D eigenvalue weighted by Crippen LogP contribution is -2.42. The van der Waals surface area contributed by atoms with E-state index in [0.29, 0.717) is 5.76 Å². The molecule has 140 valence electrons. The third-order valence-corrected chi connectivity index (χ3v) is 4.61. The molecule has 1 atom stereocenters. The number of amides is 2. The number of nitrogens with one attached hydrogen (secondary N) is 2. The predicted octanol–water partition coefficient (Wildman–Crippen LogP) is 3.32. The standard InChI is InChI=1S/C18H21BrFN3O3/c1-3-23(4-2)15(16-6-5-9-26-16)11-21-17(24)18(25)22-12-7-8-13(19)14(20)10-12/h5-10,15H,3-4,11H2,1-2H3,(H,21,24)(H,22,25). The van der Waals surface area contributed by atoms with Crippen LogP contribution in [0.2, 0.25) is 0 Å². The Morgan fingerprint density at radius 2 is 1.96 bits per heavy atom. The molecule has 1 heterocycles. The number of rotatable bonds is 7. The van der Waals surface area contributed by atoms with E-state index in [9.17, 15) is 14.0 Å². The van der Waals surface area contributed by atoms with Crippen molar-refractivity contribution in [2.24, 2.45) is 0 Å². The van der Waals surface area contributed by atoms with Crippen LogP contribution in [0, 0.1) is 5.82 Å². The minimum atomic E-state index is -0.857. The molecule has 8 heteroatoms. The van der Waals surface area contributed by atoms with Gasteiger partial charge in [-0.1, -0.05) is 13.8 Å². The molecule has 0 spiro atoms. The van der Waals surface area contributed by atoms with Gasteiger partial charge < -0.3 is 15.1 Å². The van der Waals surface area contributed by atoms with Gasteiger partial charge in [0.15, 0.2) is 0 Å². The van der Waals surface area contributed by atoms with Crippen molar-refractivity contribution >= 4 is 33.4 Å². The van der Waals surface area contributed by atoms with Gasteiger partial charge in [-0.05, 0) is 59.4 Å². The molecule has 1 unspecified atom stereocenters. The second-order valence-corrected chi connectivity index (χ2v) is 6.40. The topological polar surface area (TPSA) is 74.6 Å². The quantitative estimate of drug-likeness (QED) is 0.667. The molecule has 0 fully saturated rings. The summed E-state index contributed by atoms with van der Waals surface area (Å²) >= 11 is 3.03. The van der Waals surface area contributed by atoms with Gasteiger partial charge in [0.05, 0.1) is 16.8 Å². The molecule has 0 aliphatic carbocycles. The number of hydrogen-bond acceptors (Lipinski definition) is 4. The molecule has 2 amide bonds. The van der Waals surface area contributed by atoms with Crippen LogP contribution in [0.3, 0.4) is 0 Å². The minimum Gasteiger partial charge on any atom is -0.468 e. The molecular weight excluding hydrogens is 405 g/mol. The van der Waals surface area contributed by atoms with Crippen LogP contribution < -0.4 is 10.6 Å². The maximum atomic E-state index is 13.5. The lowest BCUT2D eigenvalue weighted by molar-refractivity contribution is -0.136. The zero-order chi connectivity index (χ0) is 19.1. The first-order chi connectivity index (χ1) is 12.5. The highest BCUT2D eigenvalue weighted by molar-refractivity contribution is 9.10. The van der Waals surface area contributed by atoms with Crippen LogP contribution in [0.1, 0.15) is 25.6 Å². The van der Waals surface area contributed by atoms with Crippen molar-refractivity contribution in [2.45, 2.75) is 19.9 Å². The fourth-order valence-corrected chi connectivity index (χ4v) is 2.83. The van der Waals surface area contributed by atoms with Crippen molar-refractivity contribution in [2.75, 3.05) is 25.0 Å². The number of carbonyl (C=O) groups excluding carboxylic acids is 2. The van der Waals surface area contributed by atoms with Crippen LogP contribution in [0.15, 0.2) is 45.5 Å². The highest BCUT2D eigenvalue weighted by Crippen LogP contribution is 2.21. The minimum absolute atomic E-state index is 0.179. The van der Waals surface area contributed by atoms with Gasteiger partial charge in [0.2, 0.25) is 0 Å². The summed E-state index contributed by atoms with van der Waals surface area (Å²) < 4.78 is 19.2. The summed E-state index contributed by atoms with van der Waals surface area (Å²) in [5.41, 5.74) is 0.206. The lowest BCUT2D eigenvalue weighted by atomic mass is 10.2. The van der Waals surface area contributed by atoms with Crippen LogP contribution in [0.25, 0.3) is 0 Å². The maximum Gasteiger partial charge on any atom is 0.313 e. The number of likely N-dealkylation sites (N-methyl/N-ethyl adjacent to an activating group) is 1. The van der Waals surface area contributed by atoms with Gasteiger partial charge in [-0.15, -0.1) is 0 Å². The summed E-state index contributed by atoms with van der Waals surface area (Å²) in [4.78, 5) is 26.2. The van der Waals surface area contributed by atoms with Gasteiger partial charge in [0.25, 0.3) is 0 Å². The molecule has 1 aromatic carbocycles. The van der Waals surface area contributed by atoms with E-state index in [2.05, 4.69) is 31.5 Å². The molecule has 0 saturated carbocycles. The third kappa shape index (κ3) is 5.15. The van der Waals surface area contributed by atoms with Crippen LogP contribution in [-0.4, -0.2) is 36.3 Å². The van der Waals surface area contributed by atoms with E-state index < -0.39 is 17.6 Å². The van der Waals surface area contributed by atoms with Crippen molar-refractivity contribution in [3.05, 3.63) is 52.6 Å². The zero-order valence-electron chi connectivity index (χ0n) is 14.6. The molecule has 0 bridgehead atoms. The molecule has 6 nitrogen and oxygen atoms in total. The molecule has 0 aliphatic heterocycles. The molecule has 26 heavy (non-hydrogen) atoms. The van der Waals surface area contributed by atoms with Gasteiger partial charge in [-0.3, -0.25) is 14.5 Å². The van der Waals surface area contributed by atoms with Crippen molar-refractivity contribution < 1.29 is 18.4 Å². The first kappa shape index (κ1) is 20.1. The second kappa shape index (κ2) is 9.49. The number of carbonyl (C=O) groups is 2. The molecule has 1 aromatic heterocycles. The van der Waals surface area contributed by atoms with Crippen molar-refractivity contribution in [3.63, 3.8) is 0 Å².